The van der Waals surface area contributed by atoms with Crippen LogP contribution in [0.2, 0.25) is 0 Å². The smallest absolute Gasteiger partial charge is 0.223 e. The quantitative estimate of drug-likeness (QED) is 0.822. The number of nitrogens with one attached hydrogen (secondary N) is 1. The van der Waals surface area contributed by atoms with Crippen LogP contribution in [0.15, 0.2) is 0 Å². The van der Waals surface area contributed by atoms with Gasteiger partial charge in [0.1, 0.15) is 0 Å². The Morgan fingerprint density at radius 1 is 1.16 bits per heavy atom. The highest BCUT2D eigenvalue weighted by molar-refractivity contribution is 5.78. The van der Waals surface area contributed by atoms with Crippen molar-refractivity contribution < 1.29 is 4.79 Å². The molecule has 0 bridgehead atoms. The highest BCUT2D eigenvalue weighted by atomic mass is 16.1. The van der Waals surface area contributed by atoms with Gasteiger partial charge in [-0.05, 0) is 56.4 Å². The Hall–Kier alpha value is -0.570. The lowest BCUT2D eigenvalue weighted by atomic mass is 9.75. The van der Waals surface area contributed by atoms with Gasteiger partial charge < -0.3 is 11.1 Å². The molecule has 3 heteroatoms. The molecule has 0 aliphatic heterocycles. The largest absolute Gasteiger partial charge is 0.355 e. The third-order valence-corrected chi connectivity index (χ3v) is 5.30. The Bertz CT molecular complexity index is 289. The van der Waals surface area contributed by atoms with Crippen LogP contribution in [0.3, 0.4) is 0 Å². The second-order valence-electron chi connectivity index (χ2n) is 7.04. The molecule has 1 amide bonds. The summed E-state index contributed by atoms with van der Waals surface area (Å²) < 4.78 is 0. The van der Waals surface area contributed by atoms with Crippen molar-refractivity contribution in [2.75, 3.05) is 13.1 Å². The van der Waals surface area contributed by atoms with Gasteiger partial charge in [0.05, 0.1) is 0 Å². The number of hydrogen-bond donors (Lipinski definition) is 2. The van der Waals surface area contributed by atoms with Crippen LogP contribution in [-0.2, 0) is 4.79 Å². The second kappa shape index (κ2) is 6.74. The normalized spacial score (nSPS) is 30.8. The highest BCUT2D eigenvalue weighted by Crippen LogP contribution is 2.35. The van der Waals surface area contributed by atoms with E-state index in [9.17, 15) is 4.79 Å². The van der Waals surface area contributed by atoms with E-state index in [0.29, 0.717) is 17.2 Å². The van der Waals surface area contributed by atoms with Gasteiger partial charge in [-0.2, -0.15) is 0 Å². The van der Waals surface area contributed by atoms with Crippen LogP contribution in [0.1, 0.15) is 64.7 Å². The molecule has 2 aliphatic carbocycles. The predicted molar refractivity (Wildman–Crippen MR) is 78.7 cm³/mol. The summed E-state index contributed by atoms with van der Waals surface area (Å²) in [4.78, 5) is 12.2. The maximum atomic E-state index is 12.2. The molecule has 0 atom stereocenters. The average Bonchev–Trinajstić information content (AvgIpc) is 2.46. The fourth-order valence-corrected chi connectivity index (χ4v) is 3.69. The van der Waals surface area contributed by atoms with E-state index in [1.54, 1.807) is 0 Å². The summed E-state index contributed by atoms with van der Waals surface area (Å²) in [5, 5.41) is 3.23. The maximum absolute atomic E-state index is 12.2. The molecule has 0 heterocycles. The van der Waals surface area contributed by atoms with Crippen molar-refractivity contribution in [2.45, 2.75) is 64.7 Å². The summed E-state index contributed by atoms with van der Waals surface area (Å²) in [6.45, 7) is 3.99. The summed E-state index contributed by atoms with van der Waals surface area (Å²) in [5.41, 5.74) is 6.05. The number of carbonyl (C=O) groups excluding carboxylic acids is 1. The van der Waals surface area contributed by atoms with Crippen LogP contribution >= 0.6 is 0 Å². The van der Waals surface area contributed by atoms with Crippen molar-refractivity contribution in [2.24, 2.45) is 23.0 Å². The number of amides is 1. The Kier molecular flexibility index (Phi) is 5.26. The summed E-state index contributed by atoms with van der Waals surface area (Å²) in [6.07, 6.45) is 10.9. The first-order valence-electron chi connectivity index (χ1n) is 8.11. The van der Waals surface area contributed by atoms with Gasteiger partial charge in [0, 0.05) is 12.5 Å². The topological polar surface area (TPSA) is 55.1 Å². The van der Waals surface area contributed by atoms with Crippen molar-refractivity contribution in [1.29, 1.82) is 0 Å². The molecule has 0 aromatic rings. The van der Waals surface area contributed by atoms with E-state index in [-0.39, 0.29) is 5.92 Å². The van der Waals surface area contributed by atoms with E-state index in [1.165, 1.54) is 32.1 Å². The van der Waals surface area contributed by atoms with Crippen LogP contribution in [0.4, 0.5) is 0 Å². The molecule has 3 N–H and O–H groups in total. The van der Waals surface area contributed by atoms with Gasteiger partial charge in [-0.3, -0.25) is 4.79 Å². The summed E-state index contributed by atoms with van der Waals surface area (Å²) in [5.74, 6) is 1.19. The lowest BCUT2D eigenvalue weighted by molar-refractivity contribution is -0.126. The Labute approximate surface area is 117 Å². The zero-order valence-electron chi connectivity index (χ0n) is 12.4. The number of nitrogens with two attached hydrogens (primary N) is 1. The SMILES string of the molecule is CC1(CNC(=O)C2CCC(CN)CC2)CCCCC1. The van der Waals surface area contributed by atoms with Crippen LogP contribution in [-0.4, -0.2) is 19.0 Å². The van der Waals surface area contributed by atoms with E-state index in [0.717, 1.165) is 38.8 Å². The number of carbonyl (C=O) groups is 1. The molecule has 0 aromatic heterocycles. The van der Waals surface area contributed by atoms with E-state index >= 15 is 0 Å². The average molecular weight is 266 g/mol. The van der Waals surface area contributed by atoms with Crippen molar-refractivity contribution >= 4 is 5.91 Å². The minimum atomic E-state index is 0.245. The van der Waals surface area contributed by atoms with E-state index < -0.39 is 0 Å². The molecular formula is C16H30N2O. The summed E-state index contributed by atoms with van der Waals surface area (Å²) in [7, 11) is 0. The van der Waals surface area contributed by atoms with Gasteiger partial charge in [-0.1, -0.05) is 26.2 Å². The van der Waals surface area contributed by atoms with E-state index in [1.807, 2.05) is 0 Å². The minimum absolute atomic E-state index is 0.245. The van der Waals surface area contributed by atoms with Crippen molar-refractivity contribution in [1.82, 2.24) is 5.32 Å². The zero-order chi connectivity index (χ0) is 13.7. The third kappa shape index (κ3) is 4.20. The Morgan fingerprint density at radius 2 is 1.79 bits per heavy atom. The second-order valence-corrected chi connectivity index (χ2v) is 7.04. The fourth-order valence-electron chi connectivity index (χ4n) is 3.69. The van der Waals surface area contributed by atoms with Crippen molar-refractivity contribution in [3.63, 3.8) is 0 Å². The monoisotopic (exact) mass is 266 g/mol. The Balaban J connectivity index is 1.72. The molecule has 2 fully saturated rings. The van der Waals surface area contributed by atoms with Gasteiger partial charge in [0.2, 0.25) is 5.91 Å². The fraction of sp³-hybridized carbons (Fsp3) is 0.938. The predicted octanol–water partition coefficient (Wildman–Crippen LogP) is 2.84. The molecular weight excluding hydrogens is 236 g/mol. The molecule has 3 nitrogen and oxygen atoms in total. The third-order valence-electron chi connectivity index (χ3n) is 5.30. The highest BCUT2D eigenvalue weighted by Gasteiger charge is 2.30. The van der Waals surface area contributed by atoms with Crippen LogP contribution in [0.25, 0.3) is 0 Å². The molecule has 2 rings (SSSR count). The molecule has 2 aliphatic rings. The zero-order valence-corrected chi connectivity index (χ0v) is 12.4. The molecule has 2 saturated carbocycles. The van der Waals surface area contributed by atoms with Crippen LogP contribution in [0, 0.1) is 17.3 Å². The van der Waals surface area contributed by atoms with Crippen molar-refractivity contribution in [3.05, 3.63) is 0 Å². The minimum Gasteiger partial charge on any atom is -0.355 e. The number of rotatable bonds is 4. The first-order valence-corrected chi connectivity index (χ1v) is 8.11. The van der Waals surface area contributed by atoms with Gasteiger partial charge in [-0.15, -0.1) is 0 Å². The van der Waals surface area contributed by atoms with Gasteiger partial charge in [0.25, 0.3) is 0 Å². The molecule has 19 heavy (non-hydrogen) atoms. The van der Waals surface area contributed by atoms with E-state index in [2.05, 4.69) is 12.2 Å². The van der Waals surface area contributed by atoms with Gasteiger partial charge in [0.15, 0.2) is 0 Å². The van der Waals surface area contributed by atoms with E-state index in [4.69, 9.17) is 5.73 Å². The van der Waals surface area contributed by atoms with Gasteiger partial charge >= 0.3 is 0 Å². The lowest BCUT2D eigenvalue weighted by Gasteiger charge is -2.34. The summed E-state index contributed by atoms with van der Waals surface area (Å²) in [6, 6.07) is 0. The lowest BCUT2D eigenvalue weighted by Crippen LogP contribution is -2.41. The van der Waals surface area contributed by atoms with Crippen molar-refractivity contribution in [3.8, 4) is 0 Å². The Morgan fingerprint density at radius 3 is 2.37 bits per heavy atom. The molecule has 110 valence electrons. The summed E-state index contributed by atoms with van der Waals surface area (Å²) >= 11 is 0. The van der Waals surface area contributed by atoms with Crippen LogP contribution < -0.4 is 11.1 Å². The molecule has 0 saturated heterocycles. The molecule has 0 radical (unpaired) electrons. The first-order chi connectivity index (χ1) is 9.13. The molecule has 0 unspecified atom stereocenters. The molecule has 0 spiro atoms. The number of hydrogen-bond acceptors (Lipinski definition) is 2. The maximum Gasteiger partial charge on any atom is 0.223 e. The first kappa shape index (κ1) is 14.8. The van der Waals surface area contributed by atoms with Gasteiger partial charge in [-0.25, -0.2) is 0 Å². The standard InChI is InChI=1S/C16H30N2O/c1-16(9-3-2-4-10-16)12-18-15(19)14-7-5-13(11-17)6-8-14/h13-14H,2-12,17H2,1H3,(H,18,19). The van der Waals surface area contributed by atoms with Crippen LogP contribution in [0.5, 0.6) is 0 Å². The molecule has 0 aromatic carbocycles.